The van der Waals surface area contributed by atoms with E-state index in [0.29, 0.717) is 0 Å². The third-order valence-electron chi connectivity index (χ3n) is 11.7. The summed E-state index contributed by atoms with van der Waals surface area (Å²) in [6.45, 7) is 0. The second kappa shape index (κ2) is 12.5. The van der Waals surface area contributed by atoms with Crippen LogP contribution in [0, 0.1) is 0 Å². The van der Waals surface area contributed by atoms with Crippen LogP contribution in [0.1, 0.15) is 0 Å². The van der Waals surface area contributed by atoms with Crippen LogP contribution in [0.2, 0.25) is 0 Å². The van der Waals surface area contributed by atoms with E-state index >= 15 is 0 Å². The number of nitrogens with zero attached hydrogens (tertiary/aromatic N) is 3. The Bertz CT molecular complexity index is 3570. The molecule has 264 valence electrons. The summed E-state index contributed by atoms with van der Waals surface area (Å²) in [4.78, 5) is 10.3. The zero-order chi connectivity index (χ0) is 37.5. The summed E-state index contributed by atoms with van der Waals surface area (Å²) in [5.41, 5.74) is 9.70. The Morgan fingerprint density at radius 3 is 1.58 bits per heavy atom. The molecule has 0 saturated heterocycles. The van der Waals surface area contributed by atoms with Crippen LogP contribution in [-0.4, -0.2) is 14.5 Å². The first kappa shape index (κ1) is 31.7. The van der Waals surface area contributed by atoms with Crippen molar-refractivity contribution in [1.82, 2.24) is 14.5 Å². The van der Waals surface area contributed by atoms with Crippen molar-refractivity contribution < 1.29 is 0 Å². The van der Waals surface area contributed by atoms with Crippen molar-refractivity contribution >= 4 is 75.8 Å². The molecule has 0 fully saturated rings. The summed E-state index contributed by atoms with van der Waals surface area (Å²) in [5.74, 6) is 0.726. The van der Waals surface area contributed by atoms with Crippen LogP contribution < -0.4 is 0 Å². The molecule has 0 radical (unpaired) electrons. The highest BCUT2D eigenvalue weighted by molar-refractivity contribution is 6.42. The maximum Gasteiger partial charge on any atom is 0.160 e. The van der Waals surface area contributed by atoms with E-state index in [2.05, 4.69) is 180 Å². The van der Waals surface area contributed by atoms with Gasteiger partial charge in [-0.3, -0.25) is 0 Å². The largest absolute Gasteiger partial charge is 0.309 e. The summed E-state index contributed by atoms with van der Waals surface area (Å²) in [5, 5.41) is 13.8. The highest BCUT2D eigenvalue weighted by Gasteiger charge is 2.22. The molecule has 0 aliphatic carbocycles. The molecular weight excluding hydrogens is 691 g/mol. The highest BCUT2D eigenvalue weighted by Crippen LogP contribution is 2.48. The standard InChI is InChI=1S/C54H33N3/c1-3-16-34(17-4-1)52-46-33-37(30-31-47(46)55-54(56-52)35-18-5-2-6-19-35)36-20-15-21-38(32-36)57-48-29-14-13-28-45(48)51-50-42-25-10-8-23-40(42)39-22-7-9-24-41(39)49(50)43-26-11-12-27-44(43)53(51)57/h1-33H. The van der Waals surface area contributed by atoms with Gasteiger partial charge in [-0.15, -0.1) is 0 Å². The Kier molecular flexibility index (Phi) is 6.93. The lowest BCUT2D eigenvalue weighted by Crippen LogP contribution is -1.97. The Morgan fingerprint density at radius 1 is 0.316 bits per heavy atom. The lowest BCUT2D eigenvalue weighted by Gasteiger charge is -2.16. The zero-order valence-electron chi connectivity index (χ0n) is 30.9. The molecule has 0 unspecified atom stereocenters. The topological polar surface area (TPSA) is 30.7 Å². The van der Waals surface area contributed by atoms with E-state index < -0.39 is 0 Å². The van der Waals surface area contributed by atoms with Crippen LogP contribution in [0.25, 0.3) is 115 Å². The summed E-state index contributed by atoms with van der Waals surface area (Å²) < 4.78 is 2.49. The van der Waals surface area contributed by atoms with Gasteiger partial charge < -0.3 is 4.57 Å². The minimum absolute atomic E-state index is 0.726. The molecule has 2 heterocycles. The normalized spacial score (nSPS) is 11.9. The first-order valence-electron chi connectivity index (χ1n) is 19.5. The van der Waals surface area contributed by atoms with Crippen LogP contribution >= 0.6 is 0 Å². The van der Waals surface area contributed by atoms with Crippen LogP contribution in [-0.2, 0) is 0 Å². The lowest BCUT2D eigenvalue weighted by molar-refractivity contribution is 1.19. The predicted octanol–water partition coefficient (Wildman–Crippen LogP) is 14.3. The summed E-state index contributed by atoms with van der Waals surface area (Å²) in [7, 11) is 0. The molecule has 0 N–H and O–H groups in total. The molecular formula is C54H33N3. The van der Waals surface area contributed by atoms with Gasteiger partial charge in [0.2, 0.25) is 0 Å². The number of hydrogen-bond donors (Lipinski definition) is 0. The van der Waals surface area contributed by atoms with Crippen LogP contribution in [0.3, 0.4) is 0 Å². The molecule has 0 aliphatic rings. The highest BCUT2D eigenvalue weighted by atomic mass is 15.0. The molecule has 57 heavy (non-hydrogen) atoms. The van der Waals surface area contributed by atoms with Crippen LogP contribution in [0.4, 0.5) is 0 Å². The minimum atomic E-state index is 0.726. The minimum Gasteiger partial charge on any atom is -0.309 e. The molecule has 0 aliphatic heterocycles. The third-order valence-corrected chi connectivity index (χ3v) is 11.7. The number of aromatic nitrogens is 3. The van der Waals surface area contributed by atoms with Gasteiger partial charge in [0.1, 0.15) is 0 Å². The Hall–Kier alpha value is -7.62. The number of hydrogen-bond acceptors (Lipinski definition) is 2. The SMILES string of the molecule is c1ccc(-c2nc(-c3ccccc3)c3cc(-c4cccc(-n5c6ccccc6c6c7c8ccccc8c8ccccc8c7c7ccccc7c65)c4)ccc3n2)cc1. The van der Waals surface area contributed by atoms with Crippen molar-refractivity contribution in [2.75, 3.05) is 0 Å². The fourth-order valence-corrected chi connectivity index (χ4v) is 9.27. The van der Waals surface area contributed by atoms with Gasteiger partial charge in [0, 0.05) is 43.7 Å². The summed E-state index contributed by atoms with van der Waals surface area (Å²) in [6.07, 6.45) is 0. The average Bonchev–Trinajstić information content (AvgIpc) is 3.64. The second-order valence-electron chi connectivity index (χ2n) is 14.9. The molecule has 0 saturated carbocycles. The molecule has 3 heteroatoms. The molecule has 12 aromatic rings. The monoisotopic (exact) mass is 723 g/mol. The third kappa shape index (κ3) is 4.79. The van der Waals surface area contributed by atoms with Gasteiger partial charge in [-0.25, -0.2) is 9.97 Å². The quantitative estimate of drug-likeness (QED) is 0.169. The molecule has 2 aromatic heterocycles. The Labute approximate surface area is 328 Å². The van der Waals surface area contributed by atoms with E-state index in [1.165, 1.54) is 64.9 Å². The molecule has 3 nitrogen and oxygen atoms in total. The fraction of sp³-hybridized carbons (Fsp3) is 0. The van der Waals surface area contributed by atoms with Gasteiger partial charge in [0.25, 0.3) is 0 Å². The van der Waals surface area contributed by atoms with E-state index in [1.54, 1.807) is 0 Å². The second-order valence-corrected chi connectivity index (χ2v) is 14.9. The van der Waals surface area contributed by atoms with Crippen molar-refractivity contribution in [3.63, 3.8) is 0 Å². The van der Waals surface area contributed by atoms with Crippen LogP contribution in [0.5, 0.6) is 0 Å². The Morgan fingerprint density at radius 2 is 0.860 bits per heavy atom. The fourth-order valence-electron chi connectivity index (χ4n) is 9.27. The smallest absolute Gasteiger partial charge is 0.160 e. The van der Waals surface area contributed by atoms with Gasteiger partial charge >= 0.3 is 0 Å². The molecule has 10 aromatic carbocycles. The van der Waals surface area contributed by atoms with E-state index in [9.17, 15) is 0 Å². The molecule has 0 bridgehead atoms. The van der Waals surface area contributed by atoms with E-state index in [1.807, 2.05) is 24.3 Å². The van der Waals surface area contributed by atoms with Gasteiger partial charge in [0.15, 0.2) is 5.82 Å². The van der Waals surface area contributed by atoms with Gasteiger partial charge in [0.05, 0.1) is 22.2 Å². The van der Waals surface area contributed by atoms with Crippen molar-refractivity contribution in [3.05, 3.63) is 200 Å². The maximum atomic E-state index is 5.18. The van der Waals surface area contributed by atoms with Crippen LogP contribution in [0.15, 0.2) is 200 Å². The molecule has 0 spiro atoms. The van der Waals surface area contributed by atoms with Gasteiger partial charge in [-0.05, 0) is 73.8 Å². The molecule has 12 rings (SSSR count). The first-order valence-corrected chi connectivity index (χ1v) is 19.5. The van der Waals surface area contributed by atoms with E-state index in [-0.39, 0.29) is 0 Å². The first-order chi connectivity index (χ1) is 28.3. The van der Waals surface area contributed by atoms with E-state index in [0.717, 1.165) is 50.4 Å². The average molecular weight is 724 g/mol. The van der Waals surface area contributed by atoms with Crippen molar-refractivity contribution in [1.29, 1.82) is 0 Å². The molecule has 0 atom stereocenters. The number of benzene rings is 10. The van der Waals surface area contributed by atoms with Gasteiger partial charge in [-0.2, -0.15) is 0 Å². The summed E-state index contributed by atoms with van der Waals surface area (Å²) in [6, 6.07) is 72.0. The number of para-hydroxylation sites is 1. The Balaban J connectivity index is 1.14. The number of fused-ring (bicyclic) bond motifs is 14. The van der Waals surface area contributed by atoms with Crippen molar-refractivity contribution in [3.8, 4) is 39.5 Å². The maximum absolute atomic E-state index is 5.18. The summed E-state index contributed by atoms with van der Waals surface area (Å²) >= 11 is 0. The van der Waals surface area contributed by atoms with Crippen molar-refractivity contribution in [2.24, 2.45) is 0 Å². The predicted molar refractivity (Wildman–Crippen MR) is 240 cm³/mol. The number of rotatable bonds is 4. The van der Waals surface area contributed by atoms with Gasteiger partial charge in [-0.1, -0.05) is 170 Å². The molecule has 0 amide bonds. The van der Waals surface area contributed by atoms with E-state index in [4.69, 9.17) is 9.97 Å². The zero-order valence-corrected chi connectivity index (χ0v) is 30.9. The van der Waals surface area contributed by atoms with Crippen molar-refractivity contribution in [2.45, 2.75) is 0 Å². The lowest BCUT2D eigenvalue weighted by atomic mass is 9.88.